The number of H-pyrrole nitrogens is 1. The second-order valence-corrected chi connectivity index (χ2v) is 6.45. The Bertz CT molecular complexity index is 957. The molecule has 1 aromatic carbocycles. The van der Waals surface area contributed by atoms with E-state index in [1.165, 1.54) is 6.08 Å². The molecule has 3 heterocycles. The van der Waals surface area contributed by atoms with Gasteiger partial charge in [-0.2, -0.15) is 0 Å². The number of amides is 1. The van der Waals surface area contributed by atoms with Gasteiger partial charge in [0.15, 0.2) is 0 Å². The monoisotopic (exact) mass is 363 g/mol. The van der Waals surface area contributed by atoms with Gasteiger partial charge in [0.1, 0.15) is 5.70 Å². The van der Waals surface area contributed by atoms with Gasteiger partial charge in [-0.1, -0.05) is 12.6 Å². The van der Waals surface area contributed by atoms with Gasteiger partial charge in [0, 0.05) is 36.2 Å². The lowest BCUT2D eigenvalue weighted by atomic mass is 10.1. The number of aromatic amines is 1. The number of anilines is 3. The van der Waals surface area contributed by atoms with Crippen molar-refractivity contribution in [3.8, 4) is 0 Å². The number of fused-ring (bicyclic) bond motifs is 2. The van der Waals surface area contributed by atoms with Crippen LogP contribution in [0.1, 0.15) is 18.2 Å². The van der Waals surface area contributed by atoms with E-state index >= 15 is 0 Å². The summed E-state index contributed by atoms with van der Waals surface area (Å²) in [5.74, 6) is -0.475. The van der Waals surface area contributed by atoms with Gasteiger partial charge < -0.3 is 19.5 Å². The van der Waals surface area contributed by atoms with Gasteiger partial charge >= 0.3 is 5.97 Å². The van der Waals surface area contributed by atoms with Gasteiger partial charge in [0.2, 0.25) is 5.91 Å². The molecular weight excluding hydrogens is 342 g/mol. The molecule has 27 heavy (non-hydrogen) atoms. The fourth-order valence-corrected chi connectivity index (χ4v) is 3.69. The van der Waals surface area contributed by atoms with E-state index in [1.54, 1.807) is 11.8 Å². The molecule has 0 saturated heterocycles. The maximum Gasteiger partial charge on any atom is 0.354 e. The van der Waals surface area contributed by atoms with Crippen LogP contribution in [0.25, 0.3) is 0 Å². The number of carbonyl (C=O) groups is 2. The van der Waals surface area contributed by atoms with Gasteiger partial charge in [0.25, 0.3) is 0 Å². The third-order valence-corrected chi connectivity index (χ3v) is 4.94. The molecule has 0 saturated carbocycles. The average Bonchev–Trinajstić information content (AvgIpc) is 3.32. The van der Waals surface area contributed by atoms with Crippen molar-refractivity contribution in [3.63, 3.8) is 0 Å². The number of aromatic nitrogens is 1. The van der Waals surface area contributed by atoms with Crippen LogP contribution in [0, 0.1) is 0 Å². The molecule has 2 aromatic rings. The molecule has 2 aliphatic rings. The highest BCUT2D eigenvalue weighted by atomic mass is 16.5. The van der Waals surface area contributed by atoms with Crippen LogP contribution in [-0.2, 0) is 27.2 Å². The first-order valence-corrected chi connectivity index (χ1v) is 9.04. The molecule has 0 radical (unpaired) electrons. The minimum Gasteiger partial charge on any atom is -0.461 e. The van der Waals surface area contributed by atoms with E-state index < -0.39 is 0 Å². The Kier molecular flexibility index (Phi) is 4.32. The van der Waals surface area contributed by atoms with Gasteiger partial charge in [0.05, 0.1) is 12.3 Å². The molecule has 1 N–H and O–H groups in total. The molecule has 2 aliphatic heterocycles. The number of benzene rings is 1. The molecule has 0 atom stereocenters. The molecule has 138 valence electrons. The maximum atomic E-state index is 12.5. The molecule has 0 fully saturated rings. The fourth-order valence-electron chi connectivity index (χ4n) is 3.69. The number of allylic oxidation sites excluding steroid dienone is 1. The van der Waals surface area contributed by atoms with Crippen LogP contribution >= 0.6 is 0 Å². The highest BCUT2D eigenvalue weighted by molar-refractivity contribution is 6.03. The summed E-state index contributed by atoms with van der Waals surface area (Å²) >= 11 is 0. The average molecular weight is 363 g/mol. The summed E-state index contributed by atoms with van der Waals surface area (Å²) in [4.78, 5) is 31.6. The molecule has 1 amide bonds. The zero-order chi connectivity index (χ0) is 19.0. The van der Waals surface area contributed by atoms with Crippen molar-refractivity contribution < 1.29 is 14.3 Å². The van der Waals surface area contributed by atoms with Gasteiger partial charge in [-0.25, -0.2) is 4.79 Å². The highest BCUT2D eigenvalue weighted by Crippen LogP contribution is 2.40. The zero-order valence-corrected chi connectivity index (χ0v) is 15.2. The Morgan fingerprint density at radius 1 is 1.30 bits per heavy atom. The summed E-state index contributed by atoms with van der Waals surface area (Å²) in [6.45, 7) is 6.34. The minimum atomic E-state index is -0.358. The summed E-state index contributed by atoms with van der Waals surface area (Å²) < 4.78 is 5.26. The lowest BCUT2D eigenvalue weighted by Gasteiger charge is -2.30. The van der Waals surface area contributed by atoms with Crippen molar-refractivity contribution in [1.29, 1.82) is 0 Å². The number of hydrogen-bond acceptors (Lipinski definition) is 4. The minimum absolute atomic E-state index is 0.118. The third kappa shape index (κ3) is 2.83. The quantitative estimate of drug-likeness (QED) is 0.669. The highest BCUT2D eigenvalue weighted by Gasteiger charge is 2.30. The van der Waals surface area contributed by atoms with Crippen molar-refractivity contribution in [2.45, 2.75) is 19.8 Å². The molecule has 1 aromatic heterocycles. The summed E-state index contributed by atoms with van der Waals surface area (Å²) in [5, 5.41) is 0. The van der Waals surface area contributed by atoms with Crippen LogP contribution in [0.3, 0.4) is 0 Å². The Morgan fingerprint density at radius 3 is 2.93 bits per heavy atom. The smallest absolute Gasteiger partial charge is 0.354 e. The predicted octanol–water partition coefficient (Wildman–Crippen LogP) is 3.23. The van der Waals surface area contributed by atoms with Gasteiger partial charge in [-0.3, -0.25) is 4.79 Å². The molecule has 6 nitrogen and oxygen atoms in total. The number of nitrogens with zero attached hydrogens (tertiary/aromatic N) is 2. The van der Waals surface area contributed by atoms with Crippen molar-refractivity contribution in [2.24, 2.45) is 0 Å². The topological polar surface area (TPSA) is 65.6 Å². The van der Waals surface area contributed by atoms with Crippen molar-refractivity contribution in [1.82, 2.24) is 4.98 Å². The van der Waals surface area contributed by atoms with Crippen LogP contribution in [0.2, 0.25) is 0 Å². The van der Waals surface area contributed by atoms with E-state index in [2.05, 4.69) is 11.6 Å². The molecular formula is C21H21N3O3. The second kappa shape index (κ2) is 6.79. The van der Waals surface area contributed by atoms with Crippen LogP contribution in [0.4, 0.5) is 17.1 Å². The first kappa shape index (κ1) is 17.1. The summed E-state index contributed by atoms with van der Waals surface area (Å²) in [6.07, 6.45) is 6.51. The van der Waals surface area contributed by atoms with Gasteiger partial charge in [-0.05, 0) is 49.3 Å². The molecule has 0 unspecified atom stereocenters. The maximum absolute atomic E-state index is 12.5. The number of hydrogen-bond donors (Lipinski definition) is 1. The normalized spacial score (nSPS) is 15.1. The van der Waals surface area contributed by atoms with Crippen molar-refractivity contribution >= 4 is 28.9 Å². The van der Waals surface area contributed by atoms with Crippen LogP contribution < -0.4 is 9.80 Å². The first-order valence-electron chi connectivity index (χ1n) is 9.04. The first-order chi connectivity index (χ1) is 13.1. The van der Waals surface area contributed by atoms with Crippen molar-refractivity contribution in [2.75, 3.05) is 23.0 Å². The number of esters is 1. The summed E-state index contributed by atoms with van der Waals surface area (Å²) in [6, 6.07) is 7.90. The molecule has 0 bridgehead atoms. The van der Waals surface area contributed by atoms with Crippen LogP contribution in [0.15, 0.2) is 54.9 Å². The summed E-state index contributed by atoms with van der Waals surface area (Å²) in [7, 11) is 0. The van der Waals surface area contributed by atoms with Crippen LogP contribution in [-0.4, -0.2) is 30.0 Å². The van der Waals surface area contributed by atoms with E-state index in [-0.39, 0.29) is 11.9 Å². The molecule has 0 spiro atoms. The second-order valence-electron chi connectivity index (χ2n) is 6.45. The zero-order valence-electron chi connectivity index (χ0n) is 15.2. The largest absolute Gasteiger partial charge is 0.461 e. The van der Waals surface area contributed by atoms with Gasteiger partial charge in [-0.15, -0.1) is 0 Å². The van der Waals surface area contributed by atoms with E-state index in [4.69, 9.17) is 4.74 Å². The number of carbonyl (C=O) groups excluding carboxylic acids is 2. The molecule has 0 aliphatic carbocycles. The van der Waals surface area contributed by atoms with E-state index in [9.17, 15) is 9.59 Å². The number of ether oxygens (including phenoxy) is 1. The Labute approximate surface area is 157 Å². The molecule has 4 rings (SSSR count). The number of nitrogens with one attached hydrogen (secondary N) is 1. The van der Waals surface area contributed by atoms with Crippen molar-refractivity contribution in [3.05, 3.63) is 66.1 Å². The molecule has 6 heteroatoms. The number of rotatable bonds is 4. The summed E-state index contributed by atoms with van der Waals surface area (Å²) in [5.41, 5.74) is 5.23. The van der Waals surface area contributed by atoms with E-state index in [0.29, 0.717) is 25.3 Å². The lowest BCUT2D eigenvalue weighted by molar-refractivity contribution is -0.138. The van der Waals surface area contributed by atoms with Crippen LogP contribution in [0.5, 0.6) is 0 Å². The standard InChI is InChI=1S/C21H21N3O3/c1-3-20(25)23-12-10-14-5-6-15(13-19(14)23)24-17-9-11-22-16(17)7-8-18(24)21(26)27-4-2/h3,5-6,8-9,11,13,22H,1,4,7,10,12H2,2H3. The third-order valence-electron chi connectivity index (χ3n) is 4.94. The predicted molar refractivity (Wildman–Crippen MR) is 104 cm³/mol. The van der Waals surface area contributed by atoms with E-state index in [0.717, 1.165) is 34.7 Å². The fraction of sp³-hybridized carbons (Fsp3) is 0.238. The SMILES string of the molecule is C=CC(=O)N1CCc2ccc(N3C(C(=O)OCC)=CCc4[nH]ccc43)cc21. The Hall–Kier alpha value is -3.28. The lowest BCUT2D eigenvalue weighted by Crippen LogP contribution is -2.29. The Balaban J connectivity index is 1.79. The van der Waals surface area contributed by atoms with E-state index in [1.807, 2.05) is 41.4 Å². The Morgan fingerprint density at radius 2 is 2.15 bits per heavy atom.